The molecule has 224 valence electrons. The van der Waals surface area contributed by atoms with Gasteiger partial charge in [-0.15, -0.1) is 0 Å². The average Bonchev–Trinajstić information content (AvgIpc) is 3.30. The van der Waals surface area contributed by atoms with E-state index in [1.54, 1.807) is 19.1 Å². The lowest BCUT2D eigenvalue weighted by atomic mass is 9.82. The van der Waals surface area contributed by atoms with Crippen LogP contribution in [0, 0.1) is 13.8 Å². The molecule has 2 aliphatic heterocycles. The molecule has 4 aromatic carbocycles. The van der Waals surface area contributed by atoms with Gasteiger partial charge in [0.1, 0.15) is 6.54 Å². The van der Waals surface area contributed by atoms with Crippen LogP contribution in [0.15, 0.2) is 91.0 Å². The van der Waals surface area contributed by atoms with Crippen LogP contribution in [0.25, 0.3) is 0 Å². The van der Waals surface area contributed by atoms with Gasteiger partial charge in [0.2, 0.25) is 5.91 Å². The molecule has 8 heteroatoms. The predicted molar refractivity (Wildman–Crippen MR) is 167 cm³/mol. The molecular weight excluding hydrogens is 554 g/mol. The highest BCUT2D eigenvalue weighted by Gasteiger charge is 2.54. The summed E-state index contributed by atoms with van der Waals surface area (Å²) in [5, 5.41) is 2.97. The Morgan fingerprint density at radius 1 is 0.841 bits per heavy atom. The van der Waals surface area contributed by atoms with E-state index in [0.717, 1.165) is 32.7 Å². The van der Waals surface area contributed by atoms with Crippen molar-refractivity contribution in [2.24, 2.45) is 0 Å². The Hall–Kier alpha value is -5.11. The molecule has 8 nitrogen and oxygen atoms in total. The Kier molecular flexibility index (Phi) is 7.59. The van der Waals surface area contributed by atoms with Crippen molar-refractivity contribution in [1.29, 1.82) is 0 Å². The summed E-state index contributed by atoms with van der Waals surface area (Å²) in [7, 11) is 3.18. The van der Waals surface area contributed by atoms with Crippen molar-refractivity contribution in [3.8, 4) is 11.5 Å². The number of hydrogen-bond acceptors (Lipinski definition) is 5. The summed E-state index contributed by atoms with van der Waals surface area (Å²) < 4.78 is 11.1. The van der Waals surface area contributed by atoms with Gasteiger partial charge in [-0.1, -0.05) is 90.0 Å². The monoisotopic (exact) mass is 589 g/mol. The fourth-order valence-corrected chi connectivity index (χ4v) is 6.32. The van der Waals surface area contributed by atoms with Gasteiger partial charge in [-0.3, -0.25) is 14.5 Å². The van der Waals surface area contributed by atoms with E-state index in [0.29, 0.717) is 35.6 Å². The van der Waals surface area contributed by atoms with E-state index in [9.17, 15) is 14.4 Å². The Labute approximate surface area is 257 Å². The maximum absolute atomic E-state index is 14.4. The van der Waals surface area contributed by atoms with Crippen LogP contribution >= 0.6 is 0 Å². The molecule has 0 aliphatic carbocycles. The number of methoxy groups -OCH3 is 2. The van der Waals surface area contributed by atoms with Crippen molar-refractivity contribution in [3.63, 3.8) is 0 Å². The fraction of sp³-hybridized carbons (Fsp3) is 0.250. The van der Waals surface area contributed by atoms with Gasteiger partial charge in [0.25, 0.3) is 5.91 Å². The average molecular weight is 590 g/mol. The van der Waals surface area contributed by atoms with Crippen molar-refractivity contribution < 1.29 is 23.9 Å². The van der Waals surface area contributed by atoms with E-state index in [1.807, 2.05) is 105 Å². The van der Waals surface area contributed by atoms with Crippen LogP contribution in [-0.4, -0.2) is 55.0 Å². The van der Waals surface area contributed by atoms with Gasteiger partial charge in [0.15, 0.2) is 17.0 Å². The number of amides is 4. The van der Waals surface area contributed by atoms with Gasteiger partial charge in [-0.25, -0.2) is 4.79 Å². The standard InChI is InChI=1S/C36H35N3O5/c1-23-10-14-27(15-11-23)36(28-16-12-24(2)13-17-28)34(41)39(35(42)37-36)22-32(40)38-19-18-26-20-30(43-3)31(44-4)21-29(26)33(38)25-8-6-5-7-9-25/h5-17,20-21,33H,18-19,22H2,1-4H3,(H,37,42). The maximum Gasteiger partial charge on any atom is 0.326 e. The zero-order valence-electron chi connectivity index (χ0n) is 25.3. The first-order valence-corrected chi connectivity index (χ1v) is 14.6. The second-order valence-electron chi connectivity index (χ2n) is 11.4. The highest BCUT2D eigenvalue weighted by molar-refractivity contribution is 6.11. The number of benzene rings is 4. The highest BCUT2D eigenvalue weighted by Crippen LogP contribution is 2.42. The van der Waals surface area contributed by atoms with Gasteiger partial charge in [0.05, 0.1) is 20.3 Å². The van der Waals surface area contributed by atoms with Crippen LogP contribution in [-0.2, 0) is 21.5 Å². The molecule has 0 bridgehead atoms. The highest BCUT2D eigenvalue weighted by atomic mass is 16.5. The first-order valence-electron chi connectivity index (χ1n) is 14.6. The minimum absolute atomic E-state index is 0.327. The van der Waals surface area contributed by atoms with Crippen molar-refractivity contribution in [1.82, 2.24) is 15.1 Å². The van der Waals surface area contributed by atoms with Crippen molar-refractivity contribution in [2.75, 3.05) is 27.3 Å². The number of imide groups is 1. The smallest absolute Gasteiger partial charge is 0.326 e. The van der Waals surface area contributed by atoms with Crippen LogP contribution in [0.2, 0.25) is 0 Å². The number of hydrogen-bond donors (Lipinski definition) is 1. The molecule has 0 radical (unpaired) electrons. The Balaban J connectivity index is 1.37. The second-order valence-corrected chi connectivity index (χ2v) is 11.4. The predicted octanol–water partition coefficient (Wildman–Crippen LogP) is 5.29. The number of urea groups is 1. The summed E-state index contributed by atoms with van der Waals surface area (Å²) in [5.41, 5.74) is 4.76. The van der Waals surface area contributed by atoms with E-state index in [4.69, 9.17) is 9.47 Å². The van der Waals surface area contributed by atoms with Gasteiger partial charge in [-0.05, 0) is 60.2 Å². The van der Waals surface area contributed by atoms with E-state index < -0.39 is 30.1 Å². The van der Waals surface area contributed by atoms with E-state index in [2.05, 4.69) is 5.32 Å². The molecule has 1 atom stereocenters. The molecule has 1 saturated heterocycles. The number of nitrogens with one attached hydrogen (secondary N) is 1. The van der Waals surface area contributed by atoms with Crippen LogP contribution in [0.3, 0.4) is 0 Å². The van der Waals surface area contributed by atoms with Crippen LogP contribution in [0.5, 0.6) is 11.5 Å². The Bertz CT molecular complexity index is 1670. The first-order chi connectivity index (χ1) is 21.3. The SMILES string of the molecule is COc1cc2c(cc1OC)C(c1ccccc1)N(C(=O)CN1C(=O)NC(c3ccc(C)cc3)(c3ccc(C)cc3)C1=O)CC2. The quantitative estimate of drug-likeness (QED) is 0.296. The number of aryl methyl sites for hydroxylation is 2. The number of rotatable bonds is 7. The first kappa shape index (κ1) is 29.0. The molecular formula is C36H35N3O5. The summed E-state index contributed by atoms with van der Waals surface area (Å²) in [6.07, 6.45) is 0.585. The zero-order valence-corrected chi connectivity index (χ0v) is 25.3. The topological polar surface area (TPSA) is 88.2 Å². The number of fused-ring (bicyclic) bond motifs is 1. The number of ether oxygens (including phenoxy) is 2. The summed E-state index contributed by atoms with van der Waals surface area (Å²) >= 11 is 0. The van der Waals surface area contributed by atoms with Crippen LogP contribution in [0.4, 0.5) is 4.79 Å². The molecule has 0 saturated carbocycles. The van der Waals surface area contributed by atoms with E-state index >= 15 is 0 Å². The van der Waals surface area contributed by atoms with Crippen molar-refractivity contribution >= 4 is 17.8 Å². The fourth-order valence-electron chi connectivity index (χ4n) is 6.32. The summed E-state index contributed by atoms with van der Waals surface area (Å²) in [4.78, 5) is 45.0. The molecule has 1 N–H and O–H groups in total. The molecule has 4 aromatic rings. The lowest BCUT2D eigenvalue weighted by molar-refractivity contribution is -0.139. The maximum atomic E-state index is 14.4. The van der Waals surface area contributed by atoms with Crippen LogP contribution < -0.4 is 14.8 Å². The lowest BCUT2D eigenvalue weighted by Crippen LogP contribution is -2.48. The molecule has 0 aromatic heterocycles. The zero-order chi connectivity index (χ0) is 31.0. The molecule has 2 heterocycles. The minimum Gasteiger partial charge on any atom is -0.493 e. The molecule has 0 spiro atoms. The van der Waals surface area contributed by atoms with E-state index in [1.165, 1.54) is 0 Å². The normalized spacial score (nSPS) is 17.2. The van der Waals surface area contributed by atoms with Gasteiger partial charge in [0, 0.05) is 6.54 Å². The lowest BCUT2D eigenvalue weighted by Gasteiger charge is -2.38. The number of nitrogens with zero attached hydrogens (tertiary/aromatic N) is 2. The summed E-state index contributed by atoms with van der Waals surface area (Å²) in [6.45, 7) is 3.95. The third kappa shape index (κ3) is 4.86. The third-order valence-electron chi connectivity index (χ3n) is 8.68. The third-order valence-corrected chi connectivity index (χ3v) is 8.68. The molecule has 1 unspecified atom stereocenters. The Morgan fingerprint density at radius 2 is 1.41 bits per heavy atom. The molecule has 44 heavy (non-hydrogen) atoms. The number of carbonyl (C=O) groups excluding carboxylic acids is 3. The van der Waals surface area contributed by atoms with Crippen molar-refractivity contribution in [2.45, 2.75) is 31.8 Å². The van der Waals surface area contributed by atoms with Gasteiger partial charge < -0.3 is 19.7 Å². The summed E-state index contributed by atoms with van der Waals surface area (Å²) in [6, 6.07) is 27.6. The largest absolute Gasteiger partial charge is 0.493 e. The van der Waals surface area contributed by atoms with Crippen LogP contribution in [0.1, 0.15) is 45.0 Å². The van der Waals surface area contributed by atoms with E-state index in [-0.39, 0.29) is 5.91 Å². The van der Waals surface area contributed by atoms with Gasteiger partial charge in [-0.2, -0.15) is 0 Å². The molecule has 4 amide bonds. The molecule has 2 aliphatic rings. The summed E-state index contributed by atoms with van der Waals surface area (Å²) in [5.74, 6) is 0.382. The second kappa shape index (κ2) is 11.5. The molecule has 1 fully saturated rings. The Morgan fingerprint density at radius 3 is 1.98 bits per heavy atom. The minimum atomic E-state index is -1.45. The van der Waals surface area contributed by atoms with Crippen molar-refractivity contribution in [3.05, 3.63) is 130 Å². The molecule has 6 rings (SSSR count). The number of carbonyl (C=O) groups is 3. The van der Waals surface area contributed by atoms with Gasteiger partial charge >= 0.3 is 6.03 Å².